The summed E-state index contributed by atoms with van der Waals surface area (Å²) in [5.74, 6) is -1.67. The largest absolute Gasteiger partial charge is 0.273 e. The molecule has 2 N–H and O–H groups in total. The van der Waals surface area contributed by atoms with Gasteiger partial charge in [-0.05, 0) is 17.7 Å². The number of halogens is 1. The first-order chi connectivity index (χ1) is 14.5. The monoisotopic (exact) mass is 428 g/mol. The molecule has 7 nitrogen and oxygen atoms in total. The standard InChI is InChI=1S/C21H21FN4O3S/c22-16-8-4-5-9-18(16)30-14-20(28)24-23-19(27)10-11-21(29)26-13-12-17(25-26)15-6-2-1-3-7-15/h1-9H,10-14H2,(H,23,27)(H,24,28). The summed E-state index contributed by atoms with van der Waals surface area (Å²) in [6, 6.07) is 15.7. The van der Waals surface area contributed by atoms with E-state index >= 15 is 0 Å². The molecule has 0 radical (unpaired) electrons. The predicted octanol–water partition coefficient (Wildman–Crippen LogP) is 2.48. The molecule has 0 aromatic heterocycles. The number of hydrazone groups is 1. The summed E-state index contributed by atoms with van der Waals surface area (Å²) in [5, 5.41) is 5.71. The van der Waals surface area contributed by atoms with Gasteiger partial charge in [0.1, 0.15) is 5.82 Å². The van der Waals surface area contributed by atoms with Gasteiger partial charge in [0.25, 0.3) is 0 Å². The van der Waals surface area contributed by atoms with E-state index in [-0.39, 0.29) is 24.5 Å². The van der Waals surface area contributed by atoms with Crippen LogP contribution in [0, 0.1) is 5.82 Å². The van der Waals surface area contributed by atoms with E-state index in [0.717, 1.165) is 23.0 Å². The maximum atomic E-state index is 13.5. The van der Waals surface area contributed by atoms with Crippen molar-refractivity contribution >= 4 is 35.2 Å². The Bertz CT molecular complexity index is 952. The highest BCUT2D eigenvalue weighted by molar-refractivity contribution is 8.00. The molecule has 2 aromatic rings. The third-order valence-electron chi connectivity index (χ3n) is 4.30. The summed E-state index contributed by atoms with van der Waals surface area (Å²) in [7, 11) is 0. The Morgan fingerprint density at radius 2 is 1.67 bits per heavy atom. The number of nitrogens with one attached hydrogen (secondary N) is 2. The minimum absolute atomic E-state index is 0.0166. The van der Waals surface area contributed by atoms with Gasteiger partial charge in [0.15, 0.2) is 0 Å². The summed E-state index contributed by atoms with van der Waals surface area (Å²) in [6.07, 6.45) is 0.571. The Morgan fingerprint density at radius 1 is 0.967 bits per heavy atom. The molecule has 0 unspecified atom stereocenters. The topological polar surface area (TPSA) is 90.9 Å². The third kappa shape index (κ3) is 6.15. The molecule has 2 aromatic carbocycles. The van der Waals surface area contributed by atoms with Gasteiger partial charge in [-0.1, -0.05) is 42.5 Å². The van der Waals surface area contributed by atoms with Crippen molar-refractivity contribution in [1.29, 1.82) is 0 Å². The molecule has 0 fully saturated rings. The van der Waals surface area contributed by atoms with E-state index in [2.05, 4.69) is 16.0 Å². The SMILES string of the molecule is O=C(CCC(=O)N1CCC(c2ccccc2)=N1)NNC(=O)CSc1ccccc1F. The molecule has 0 spiro atoms. The first-order valence-corrected chi connectivity index (χ1v) is 10.4. The molecule has 1 aliphatic rings. The number of amides is 3. The summed E-state index contributed by atoms with van der Waals surface area (Å²) in [5.41, 5.74) is 6.34. The number of carbonyl (C=O) groups excluding carboxylic acids is 3. The summed E-state index contributed by atoms with van der Waals surface area (Å²) >= 11 is 1.03. The first kappa shape index (κ1) is 21.5. The molecule has 1 heterocycles. The summed E-state index contributed by atoms with van der Waals surface area (Å²) in [4.78, 5) is 36.3. The van der Waals surface area contributed by atoms with Crippen LogP contribution in [0.5, 0.6) is 0 Å². The molecular formula is C21H21FN4O3S. The lowest BCUT2D eigenvalue weighted by Crippen LogP contribution is -2.42. The normalized spacial score (nSPS) is 13.0. The number of carbonyl (C=O) groups is 3. The maximum absolute atomic E-state index is 13.5. The van der Waals surface area contributed by atoms with Gasteiger partial charge in [0, 0.05) is 24.2 Å². The Kier molecular flexibility index (Phi) is 7.56. The van der Waals surface area contributed by atoms with Gasteiger partial charge in [-0.15, -0.1) is 11.8 Å². The van der Waals surface area contributed by atoms with Gasteiger partial charge in [0.05, 0.1) is 18.0 Å². The minimum atomic E-state index is -0.487. The summed E-state index contributed by atoms with van der Waals surface area (Å²) < 4.78 is 13.5. The molecule has 0 aliphatic carbocycles. The van der Waals surface area contributed by atoms with Gasteiger partial charge >= 0.3 is 0 Å². The predicted molar refractivity (Wildman–Crippen MR) is 112 cm³/mol. The molecule has 3 rings (SSSR count). The molecule has 3 amide bonds. The van der Waals surface area contributed by atoms with Gasteiger partial charge in [-0.3, -0.25) is 25.2 Å². The fraction of sp³-hybridized carbons (Fsp3) is 0.238. The minimum Gasteiger partial charge on any atom is -0.273 e. The van der Waals surface area contributed by atoms with E-state index in [1.807, 2.05) is 30.3 Å². The number of nitrogens with zero attached hydrogens (tertiary/aromatic N) is 2. The highest BCUT2D eigenvalue weighted by atomic mass is 32.2. The Balaban J connectivity index is 1.36. The van der Waals surface area contributed by atoms with E-state index in [0.29, 0.717) is 17.9 Å². The smallest absolute Gasteiger partial charge is 0.248 e. The average Bonchev–Trinajstić information content (AvgIpc) is 3.26. The average molecular weight is 428 g/mol. The number of benzene rings is 2. The molecule has 0 saturated carbocycles. The second-order valence-electron chi connectivity index (χ2n) is 6.50. The fourth-order valence-electron chi connectivity index (χ4n) is 2.76. The van der Waals surface area contributed by atoms with Crippen LogP contribution >= 0.6 is 11.8 Å². The van der Waals surface area contributed by atoms with Crippen molar-refractivity contribution in [3.05, 3.63) is 66.0 Å². The van der Waals surface area contributed by atoms with Crippen LogP contribution in [-0.2, 0) is 14.4 Å². The fourth-order valence-corrected chi connectivity index (χ4v) is 3.50. The zero-order valence-corrected chi connectivity index (χ0v) is 17.0. The van der Waals surface area contributed by atoms with E-state index in [9.17, 15) is 18.8 Å². The van der Waals surface area contributed by atoms with Gasteiger partial charge in [-0.25, -0.2) is 9.40 Å². The second-order valence-corrected chi connectivity index (χ2v) is 7.51. The zero-order chi connectivity index (χ0) is 21.3. The van der Waals surface area contributed by atoms with Gasteiger partial charge in [0.2, 0.25) is 17.7 Å². The molecule has 0 bridgehead atoms. The van der Waals surface area contributed by atoms with Crippen LogP contribution < -0.4 is 10.9 Å². The third-order valence-corrected chi connectivity index (χ3v) is 5.35. The molecular weight excluding hydrogens is 407 g/mol. The van der Waals surface area contributed by atoms with E-state index < -0.39 is 17.6 Å². The number of hydrazine groups is 1. The highest BCUT2D eigenvalue weighted by Crippen LogP contribution is 2.20. The van der Waals surface area contributed by atoms with Crippen LogP contribution in [0.1, 0.15) is 24.8 Å². The van der Waals surface area contributed by atoms with Crippen LogP contribution in [0.3, 0.4) is 0 Å². The van der Waals surface area contributed by atoms with Crippen molar-refractivity contribution in [3.63, 3.8) is 0 Å². The Hall–Kier alpha value is -3.20. The number of hydrogen-bond acceptors (Lipinski definition) is 5. The lowest BCUT2D eigenvalue weighted by Gasteiger charge is -2.11. The lowest BCUT2D eigenvalue weighted by molar-refractivity contribution is -0.133. The molecule has 156 valence electrons. The Labute approximate surface area is 177 Å². The van der Waals surface area contributed by atoms with Gasteiger partial charge in [-0.2, -0.15) is 5.10 Å². The molecule has 9 heteroatoms. The van der Waals surface area contributed by atoms with Crippen molar-refractivity contribution in [3.8, 4) is 0 Å². The first-order valence-electron chi connectivity index (χ1n) is 9.41. The van der Waals surface area contributed by atoms with E-state index in [1.54, 1.807) is 18.2 Å². The second kappa shape index (κ2) is 10.5. The van der Waals surface area contributed by atoms with Gasteiger partial charge < -0.3 is 0 Å². The highest BCUT2D eigenvalue weighted by Gasteiger charge is 2.22. The van der Waals surface area contributed by atoms with Crippen molar-refractivity contribution < 1.29 is 18.8 Å². The molecule has 0 atom stereocenters. The number of hydrogen-bond donors (Lipinski definition) is 2. The lowest BCUT2D eigenvalue weighted by atomic mass is 10.1. The van der Waals surface area contributed by atoms with Crippen molar-refractivity contribution in [2.45, 2.75) is 24.2 Å². The van der Waals surface area contributed by atoms with Crippen LogP contribution in [0.2, 0.25) is 0 Å². The van der Waals surface area contributed by atoms with E-state index in [4.69, 9.17) is 0 Å². The Morgan fingerprint density at radius 3 is 2.43 bits per heavy atom. The van der Waals surface area contributed by atoms with Crippen LogP contribution in [0.4, 0.5) is 4.39 Å². The number of thioether (sulfide) groups is 1. The quantitative estimate of drug-likeness (QED) is 0.524. The van der Waals surface area contributed by atoms with Crippen molar-refractivity contribution in [2.75, 3.05) is 12.3 Å². The maximum Gasteiger partial charge on any atom is 0.248 e. The van der Waals surface area contributed by atoms with Crippen molar-refractivity contribution in [2.24, 2.45) is 5.10 Å². The molecule has 30 heavy (non-hydrogen) atoms. The van der Waals surface area contributed by atoms with Crippen molar-refractivity contribution in [1.82, 2.24) is 15.9 Å². The van der Waals surface area contributed by atoms with Crippen LogP contribution in [0.25, 0.3) is 0 Å². The summed E-state index contributed by atoms with van der Waals surface area (Å²) in [6.45, 7) is 0.481. The zero-order valence-electron chi connectivity index (χ0n) is 16.1. The van der Waals surface area contributed by atoms with Crippen LogP contribution in [0.15, 0.2) is 64.6 Å². The number of rotatable bonds is 7. The van der Waals surface area contributed by atoms with Crippen LogP contribution in [-0.4, -0.2) is 40.7 Å². The van der Waals surface area contributed by atoms with E-state index in [1.165, 1.54) is 11.1 Å². The molecule has 1 aliphatic heterocycles. The molecule has 0 saturated heterocycles.